The molecule has 19 heavy (non-hydrogen) atoms. The van der Waals surface area contributed by atoms with E-state index in [1.807, 2.05) is 11.6 Å². The minimum absolute atomic E-state index is 0.0996. The molecule has 1 heterocycles. The van der Waals surface area contributed by atoms with Gasteiger partial charge in [0, 0.05) is 13.7 Å². The van der Waals surface area contributed by atoms with Gasteiger partial charge in [0.2, 0.25) is 0 Å². The fourth-order valence-corrected chi connectivity index (χ4v) is 1.80. The molecular weight excluding hydrogens is 254 g/mol. The fraction of sp³-hybridized carbons (Fsp3) is 0.833. The molecule has 0 spiro atoms. The van der Waals surface area contributed by atoms with Gasteiger partial charge in [-0.2, -0.15) is 0 Å². The minimum Gasteiger partial charge on any atom is -0.375 e. The van der Waals surface area contributed by atoms with Crippen LogP contribution in [-0.4, -0.2) is 40.9 Å². The van der Waals surface area contributed by atoms with Crippen LogP contribution in [0.1, 0.15) is 32.1 Å². The zero-order chi connectivity index (χ0) is 14.3. The lowest BCUT2D eigenvalue weighted by atomic mass is 10.0. The highest BCUT2D eigenvalue weighted by atomic mass is 19.3. The number of halogens is 2. The molecule has 0 aliphatic rings. The second kappa shape index (κ2) is 8.16. The van der Waals surface area contributed by atoms with Crippen LogP contribution in [-0.2, 0) is 11.8 Å². The van der Waals surface area contributed by atoms with E-state index in [2.05, 4.69) is 29.4 Å². The Morgan fingerprint density at radius 3 is 2.68 bits per heavy atom. The Balaban J connectivity index is 2.30. The van der Waals surface area contributed by atoms with Crippen molar-refractivity contribution in [1.29, 1.82) is 0 Å². The first-order valence-electron chi connectivity index (χ1n) is 6.45. The maximum Gasteiger partial charge on any atom is 0.261 e. The molecule has 0 saturated carbocycles. The van der Waals surface area contributed by atoms with Gasteiger partial charge in [0.25, 0.3) is 6.43 Å². The molecule has 5 nitrogen and oxygen atoms in total. The molecule has 0 aromatic carbocycles. The molecule has 1 rings (SSSR count). The third-order valence-electron chi connectivity index (χ3n) is 2.76. The molecule has 1 atom stereocenters. The second-order valence-corrected chi connectivity index (χ2v) is 4.80. The molecule has 0 saturated heterocycles. The lowest BCUT2D eigenvalue weighted by Crippen LogP contribution is -2.29. The number of nitrogens with one attached hydrogen (secondary N) is 1. The van der Waals surface area contributed by atoms with E-state index in [1.165, 1.54) is 0 Å². The van der Waals surface area contributed by atoms with E-state index in [-0.39, 0.29) is 6.04 Å². The normalized spacial score (nSPS) is 13.4. The average Bonchev–Trinajstić information content (AvgIpc) is 2.73. The molecule has 1 aromatic rings. The van der Waals surface area contributed by atoms with Crippen LogP contribution < -0.4 is 5.32 Å². The fourth-order valence-electron chi connectivity index (χ4n) is 1.80. The van der Waals surface area contributed by atoms with Gasteiger partial charge in [0.1, 0.15) is 18.8 Å². The summed E-state index contributed by atoms with van der Waals surface area (Å²) in [5, 5.41) is 11.3. The third-order valence-corrected chi connectivity index (χ3v) is 2.76. The molecule has 0 amide bonds. The number of aryl methyl sites for hydroxylation is 1. The van der Waals surface area contributed by atoms with Gasteiger partial charge in [0.15, 0.2) is 0 Å². The van der Waals surface area contributed by atoms with Gasteiger partial charge < -0.3 is 14.6 Å². The molecule has 1 aromatic heterocycles. The van der Waals surface area contributed by atoms with Gasteiger partial charge in [-0.3, -0.25) is 0 Å². The van der Waals surface area contributed by atoms with Gasteiger partial charge in [-0.05, 0) is 18.9 Å². The monoisotopic (exact) mass is 276 g/mol. The summed E-state index contributed by atoms with van der Waals surface area (Å²) in [6, 6.07) is 0.0996. The van der Waals surface area contributed by atoms with E-state index < -0.39 is 13.0 Å². The molecule has 0 bridgehead atoms. The summed E-state index contributed by atoms with van der Waals surface area (Å²) in [6.07, 6.45) is -0.0404. The molecule has 0 aliphatic heterocycles. The summed E-state index contributed by atoms with van der Waals surface area (Å²) >= 11 is 0. The smallest absolute Gasteiger partial charge is 0.261 e. The topological polar surface area (TPSA) is 52.0 Å². The second-order valence-electron chi connectivity index (χ2n) is 4.80. The van der Waals surface area contributed by atoms with Crippen LogP contribution >= 0.6 is 0 Å². The lowest BCUT2D eigenvalue weighted by molar-refractivity contribution is 0.0166. The SMILES string of the molecule is CC(C)C(NCCCOCC(F)F)c1nncn1C. The van der Waals surface area contributed by atoms with Crippen LogP contribution in [0.2, 0.25) is 0 Å². The standard InChI is InChI=1S/C12H22F2N4O/c1-9(2)11(12-17-16-8-18(12)3)15-5-4-6-19-7-10(13)14/h8-11,15H,4-7H2,1-3H3. The van der Waals surface area contributed by atoms with Crippen molar-refractivity contribution in [2.75, 3.05) is 19.8 Å². The van der Waals surface area contributed by atoms with Crippen LogP contribution in [0.4, 0.5) is 8.78 Å². The summed E-state index contributed by atoms with van der Waals surface area (Å²) in [6.45, 7) is 4.73. The zero-order valence-corrected chi connectivity index (χ0v) is 11.6. The molecule has 1 N–H and O–H groups in total. The molecule has 0 fully saturated rings. The van der Waals surface area contributed by atoms with Crippen LogP contribution in [0.25, 0.3) is 0 Å². The Bertz CT molecular complexity index is 357. The van der Waals surface area contributed by atoms with Crippen molar-refractivity contribution in [2.45, 2.75) is 32.7 Å². The van der Waals surface area contributed by atoms with E-state index in [0.29, 0.717) is 25.5 Å². The van der Waals surface area contributed by atoms with Crippen molar-refractivity contribution in [3.63, 3.8) is 0 Å². The largest absolute Gasteiger partial charge is 0.375 e. The summed E-state index contributed by atoms with van der Waals surface area (Å²) < 4.78 is 30.4. The first-order chi connectivity index (χ1) is 9.02. The third kappa shape index (κ3) is 5.61. The first kappa shape index (κ1) is 16.0. The average molecular weight is 276 g/mol. The van der Waals surface area contributed by atoms with Crippen molar-refractivity contribution >= 4 is 0 Å². The maximum absolute atomic E-state index is 11.8. The van der Waals surface area contributed by atoms with Crippen molar-refractivity contribution in [1.82, 2.24) is 20.1 Å². The van der Waals surface area contributed by atoms with Crippen LogP contribution in [0.3, 0.4) is 0 Å². The summed E-state index contributed by atoms with van der Waals surface area (Å²) in [5.41, 5.74) is 0. The lowest BCUT2D eigenvalue weighted by Gasteiger charge is -2.21. The van der Waals surface area contributed by atoms with Crippen LogP contribution in [0, 0.1) is 5.92 Å². The summed E-state index contributed by atoms with van der Waals surface area (Å²) in [4.78, 5) is 0. The summed E-state index contributed by atoms with van der Waals surface area (Å²) in [5.74, 6) is 1.24. The van der Waals surface area contributed by atoms with Crippen molar-refractivity contribution in [3.05, 3.63) is 12.2 Å². The minimum atomic E-state index is -2.39. The van der Waals surface area contributed by atoms with Crippen LogP contribution in [0.15, 0.2) is 6.33 Å². The van der Waals surface area contributed by atoms with Gasteiger partial charge in [-0.25, -0.2) is 8.78 Å². The number of aromatic nitrogens is 3. The van der Waals surface area contributed by atoms with Gasteiger partial charge >= 0.3 is 0 Å². The quantitative estimate of drug-likeness (QED) is 0.698. The molecule has 7 heteroatoms. The first-order valence-corrected chi connectivity index (χ1v) is 6.45. The van der Waals surface area contributed by atoms with Crippen molar-refractivity contribution < 1.29 is 13.5 Å². The Morgan fingerprint density at radius 1 is 1.42 bits per heavy atom. The summed E-state index contributed by atoms with van der Waals surface area (Å²) in [7, 11) is 1.90. The molecule has 1 unspecified atom stereocenters. The van der Waals surface area contributed by atoms with E-state index in [1.54, 1.807) is 6.33 Å². The highest BCUT2D eigenvalue weighted by Crippen LogP contribution is 2.18. The molecule has 0 radical (unpaired) electrons. The highest BCUT2D eigenvalue weighted by Gasteiger charge is 2.19. The molecular formula is C12H22F2N4O. The Hall–Kier alpha value is -1.08. The maximum atomic E-state index is 11.8. The van der Waals surface area contributed by atoms with Crippen molar-refractivity contribution in [2.24, 2.45) is 13.0 Å². The van der Waals surface area contributed by atoms with Gasteiger partial charge in [-0.15, -0.1) is 10.2 Å². The number of ether oxygens (including phenoxy) is 1. The van der Waals surface area contributed by atoms with E-state index in [9.17, 15) is 8.78 Å². The Morgan fingerprint density at radius 2 is 2.16 bits per heavy atom. The highest BCUT2D eigenvalue weighted by molar-refractivity contribution is 4.95. The Kier molecular flexibility index (Phi) is 6.86. The number of hydrogen-bond acceptors (Lipinski definition) is 4. The molecule has 0 aliphatic carbocycles. The molecule has 110 valence electrons. The van der Waals surface area contributed by atoms with Gasteiger partial charge in [0.05, 0.1) is 6.04 Å². The van der Waals surface area contributed by atoms with Crippen molar-refractivity contribution in [3.8, 4) is 0 Å². The number of hydrogen-bond donors (Lipinski definition) is 1. The Labute approximate surface area is 112 Å². The zero-order valence-electron chi connectivity index (χ0n) is 11.6. The van der Waals surface area contributed by atoms with Gasteiger partial charge in [-0.1, -0.05) is 13.8 Å². The number of nitrogens with zero attached hydrogens (tertiary/aromatic N) is 3. The van der Waals surface area contributed by atoms with E-state index in [4.69, 9.17) is 4.74 Å². The number of alkyl halides is 2. The van der Waals surface area contributed by atoms with E-state index in [0.717, 1.165) is 5.82 Å². The van der Waals surface area contributed by atoms with Crippen LogP contribution in [0.5, 0.6) is 0 Å². The number of rotatable bonds is 9. The predicted octanol–water partition coefficient (Wildman–Crippen LogP) is 1.77. The van der Waals surface area contributed by atoms with E-state index >= 15 is 0 Å². The predicted molar refractivity (Wildman–Crippen MR) is 68.0 cm³/mol.